The zero-order valence-corrected chi connectivity index (χ0v) is 14.9. The summed E-state index contributed by atoms with van der Waals surface area (Å²) in [5.74, 6) is 0. The first-order valence-corrected chi connectivity index (χ1v) is 9.86. The lowest BCUT2D eigenvalue weighted by Crippen LogP contribution is -1.94. The highest BCUT2D eigenvalue weighted by atomic mass is 32.1. The molecule has 0 bridgehead atoms. The Morgan fingerprint density at radius 2 is 1.43 bits per heavy atom. The summed E-state index contributed by atoms with van der Waals surface area (Å²) in [5, 5.41) is 10.2. The van der Waals surface area contributed by atoms with Crippen LogP contribution in [0, 0.1) is 0 Å². The van der Waals surface area contributed by atoms with Crippen LogP contribution in [0.4, 0.5) is 0 Å². The summed E-state index contributed by atoms with van der Waals surface area (Å²) in [4.78, 5) is 2.54. The maximum atomic E-state index is 10.2. The number of aliphatic hydroxyl groups is 1. The zero-order valence-electron chi connectivity index (χ0n) is 14.1. The number of aliphatic hydroxyl groups excluding tert-OH is 1. The largest absolute Gasteiger partial charge is 0.388 e. The molecule has 0 fully saturated rings. The Morgan fingerprint density at radius 1 is 0.857 bits per heavy atom. The highest BCUT2D eigenvalue weighted by Gasteiger charge is 2.09. The molecule has 1 aromatic rings. The summed E-state index contributed by atoms with van der Waals surface area (Å²) in [6.45, 7) is 4.44. The molecule has 1 nitrogen and oxygen atoms in total. The monoisotopic (exact) mass is 310 g/mol. The molecule has 0 amide bonds. The molecule has 0 aliphatic carbocycles. The molecule has 0 aromatic carbocycles. The molecular formula is C19H34OS. The molecule has 1 rings (SSSR count). The molecule has 122 valence electrons. The molecule has 0 aliphatic rings. The van der Waals surface area contributed by atoms with Gasteiger partial charge in [0.1, 0.15) is 0 Å². The van der Waals surface area contributed by atoms with Crippen molar-refractivity contribution in [3.8, 4) is 0 Å². The van der Waals surface area contributed by atoms with Gasteiger partial charge in [0.2, 0.25) is 0 Å². The van der Waals surface area contributed by atoms with Gasteiger partial charge in [0.25, 0.3) is 0 Å². The third kappa shape index (κ3) is 8.63. The van der Waals surface area contributed by atoms with Crippen molar-refractivity contribution in [2.75, 3.05) is 0 Å². The van der Waals surface area contributed by atoms with Gasteiger partial charge in [-0.3, -0.25) is 0 Å². The first-order valence-electron chi connectivity index (χ1n) is 9.04. The van der Waals surface area contributed by atoms with E-state index in [2.05, 4.69) is 26.0 Å². The van der Waals surface area contributed by atoms with E-state index in [-0.39, 0.29) is 6.10 Å². The number of rotatable bonds is 13. The average molecular weight is 311 g/mol. The van der Waals surface area contributed by atoms with Gasteiger partial charge in [0, 0.05) is 9.75 Å². The Hall–Kier alpha value is -0.340. The molecule has 1 unspecified atom stereocenters. The maximum Gasteiger partial charge on any atom is 0.0882 e. The van der Waals surface area contributed by atoms with Crippen LogP contribution in [0.15, 0.2) is 12.1 Å². The Bertz CT molecular complexity index is 345. The van der Waals surface area contributed by atoms with E-state index in [0.717, 1.165) is 24.1 Å². The predicted octanol–water partition coefficient (Wildman–Crippen LogP) is 6.65. The Morgan fingerprint density at radius 3 is 1.95 bits per heavy atom. The molecule has 1 atom stereocenters. The van der Waals surface area contributed by atoms with Gasteiger partial charge >= 0.3 is 0 Å². The molecular weight excluding hydrogens is 276 g/mol. The molecule has 0 radical (unpaired) electrons. The minimum Gasteiger partial charge on any atom is -0.388 e. The number of aryl methyl sites for hydroxylation is 1. The van der Waals surface area contributed by atoms with Crippen molar-refractivity contribution in [1.82, 2.24) is 0 Å². The van der Waals surface area contributed by atoms with Crippen molar-refractivity contribution in [2.24, 2.45) is 0 Å². The van der Waals surface area contributed by atoms with Crippen LogP contribution in [0.5, 0.6) is 0 Å². The van der Waals surface area contributed by atoms with E-state index < -0.39 is 0 Å². The fraction of sp³-hybridized carbons (Fsp3) is 0.789. The fourth-order valence-electron chi connectivity index (χ4n) is 2.73. The highest BCUT2D eigenvalue weighted by Crippen LogP contribution is 2.27. The molecule has 1 heterocycles. The SMILES string of the molecule is CCCCCCCCCCCCC(O)c1ccc(CC)s1. The van der Waals surface area contributed by atoms with Gasteiger partial charge < -0.3 is 5.11 Å². The lowest BCUT2D eigenvalue weighted by atomic mass is 10.0. The second kappa shape index (κ2) is 12.2. The fourth-order valence-corrected chi connectivity index (χ4v) is 3.70. The Kier molecular flexibility index (Phi) is 10.9. The van der Waals surface area contributed by atoms with Gasteiger partial charge in [-0.15, -0.1) is 11.3 Å². The summed E-state index contributed by atoms with van der Waals surface area (Å²) in [6.07, 6.45) is 15.3. The first kappa shape index (κ1) is 18.7. The zero-order chi connectivity index (χ0) is 15.3. The maximum absolute atomic E-state index is 10.2. The normalized spacial score (nSPS) is 12.7. The van der Waals surface area contributed by atoms with E-state index >= 15 is 0 Å². The topological polar surface area (TPSA) is 20.2 Å². The Balaban J connectivity index is 1.94. The van der Waals surface area contributed by atoms with Crippen molar-refractivity contribution in [1.29, 1.82) is 0 Å². The number of hydrogen-bond acceptors (Lipinski definition) is 2. The van der Waals surface area contributed by atoms with E-state index in [0.29, 0.717) is 0 Å². The molecule has 21 heavy (non-hydrogen) atoms. The number of hydrogen-bond donors (Lipinski definition) is 1. The van der Waals surface area contributed by atoms with E-state index in [9.17, 15) is 5.11 Å². The lowest BCUT2D eigenvalue weighted by Gasteiger charge is -2.08. The van der Waals surface area contributed by atoms with Crippen LogP contribution >= 0.6 is 11.3 Å². The quantitative estimate of drug-likeness (QED) is 0.404. The smallest absolute Gasteiger partial charge is 0.0882 e. The van der Waals surface area contributed by atoms with Gasteiger partial charge in [-0.25, -0.2) is 0 Å². The summed E-state index contributed by atoms with van der Waals surface area (Å²) in [6, 6.07) is 4.26. The Labute approximate surface area is 135 Å². The van der Waals surface area contributed by atoms with Crippen LogP contribution in [-0.4, -0.2) is 5.11 Å². The van der Waals surface area contributed by atoms with Crippen LogP contribution in [0.3, 0.4) is 0 Å². The standard InChI is InChI=1S/C19H34OS/c1-3-5-6-7-8-9-10-11-12-13-14-18(20)19-16-15-17(4-2)21-19/h15-16,18,20H,3-14H2,1-2H3. The predicted molar refractivity (Wildman–Crippen MR) is 95.1 cm³/mol. The molecule has 2 heteroatoms. The molecule has 1 N–H and O–H groups in total. The molecule has 1 aromatic heterocycles. The van der Waals surface area contributed by atoms with Gasteiger partial charge in [-0.1, -0.05) is 78.1 Å². The first-order chi connectivity index (χ1) is 10.3. The van der Waals surface area contributed by atoms with Crippen molar-refractivity contribution < 1.29 is 5.11 Å². The highest BCUT2D eigenvalue weighted by molar-refractivity contribution is 7.12. The molecule has 0 saturated heterocycles. The molecule has 0 spiro atoms. The minimum absolute atomic E-state index is 0.232. The average Bonchev–Trinajstić information content (AvgIpc) is 2.98. The lowest BCUT2D eigenvalue weighted by molar-refractivity contribution is 0.167. The van der Waals surface area contributed by atoms with Crippen LogP contribution in [0.1, 0.15) is 100 Å². The summed E-state index contributed by atoms with van der Waals surface area (Å²) in [5.41, 5.74) is 0. The van der Waals surface area contributed by atoms with Crippen molar-refractivity contribution >= 4 is 11.3 Å². The second-order valence-corrected chi connectivity index (χ2v) is 7.34. The number of unbranched alkanes of at least 4 members (excludes halogenated alkanes) is 9. The van der Waals surface area contributed by atoms with Crippen molar-refractivity contribution in [2.45, 2.75) is 97.0 Å². The van der Waals surface area contributed by atoms with Crippen molar-refractivity contribution in [3.63, 3.8) is 0 Å². The van der Waals surface area contributed by atoms with E-state index in [4.69, 9.17) is 0 Å². The van der Waals surface area contributed by atoms with Gasteiger partial charge in [-0.2, -0.15) is 0 Å². The van der Waals surface area contributed by atoms with Gasteiger partial charge in [-0.05, 0) is 25.0 Å². The summed E-state index contributed by atoms with van der Waals surface area (Å²) >= 11 is 1.77. The van der Waals surface area contributed by atoms with Crippen LogP contribution < -0.4 is 0 Å². The second-order valence-electron chi connectivity index (χ2n) is 6.14. The third-order valence-electron chi connectivity index (χ3n) is 4.19. The van der Waals surface area contributed by atoms with Gasteiger partial charge in [0.05, 0.1) is 6.10 Å². The van der Waals surface area contributed by atoms with E-state index in [1.165, 1.54) is 62.7 Å². The summed E-state index contributed by atoms with van der Waals surface area (Å²) < 4.78 is 0. The molecule has 0 saturated carbocycles. The van der Waals surface area contributed by atoms with E-state index in [1.54, 1.807) is 11.3 Å². The third-order valence-corrected chi connectivity index (χ3v) is 5.52. The van der Waals surface area contributed by atoms with Crippen LogP contribution in [0.25, 0.3) is 0 Å². The van der Waals surface area contributed by atoms with Crippen LogP contribution in [0.2, 0.25) is 0 Å². The van der Waals surface area contributed by atoms with Gasteiger partial charge in [0.15, 0.2) is 0 Å². The summed E-state index contributed by atoms with van der Waals surface area (Å²) in [7, 11) is 0. The minimum atomic E-state index is -0.232. The van der Waals surface area contributed by atoms with E-state index in [1.807, 2.05) is 0 Å². The van der Waals surface area contributed by atoms with Crippen LogP contribution in [-0.2, 0) is 6.42 Å². The number of thiophene rings is 1. The molecule has 0 aliphatic heterocycles. The van der Waals surface area contributed by atoms with Crippen molar-refractivity contribution in [3.05, 3.63) is 21.9 Å².